The molecule has 2 aromatic rings. The van der Waals surface area contributed by atoms with Gasteiger partial charge in [0.05, 0.1) is 15.9 Å². The predicted molar refractivity (Wildman–Crippen MR) is 92.0 cm³/mol. The first kappa shape index (κ1) is 16.5. The molecule has 5 heteroatoms. The lowest BCUT2D eigenvalue weighted by Crippen LogP contribution is -2.21. The van der Waals surface area contributed by atoms with Gasteiger partial charge >= 0.3 is 0 Å². The summed E-state index contributed by atoms with van der Waals surface area (Å²) in [5.41, 5.74) is 4.79. The minimum atomic E-state index is 0.235. The zero-order valence-electron chi connectivity index (χ0n) is 12.9. The van der Waals surface area contributed by atoms with Gasteiger partial charge in [0, 0.05) is 24.5 Å². The third-order valence-corrected chi connectivity index (χ3v) is 5.01. The van der Waals surface area contributed by atoms with E-state index >= 15 is 0 Å². The van der Waals surface area contributed by atoms with Crippen molar-refractivity contribution in [2.24, 2.45) is 7.05 Å². The Bertz CT molecular complexity index is 637. The van der Waals surface area contributed by atoms with Crippen LogP contribution in [0.3, 0.4) is 0 Å². The molecule has 0 spiro atoms. The smallest absolute Gasteiger partial charge is 0.0766 e. The van der Waals surface area contributed by atoms with Gasteiger partial charge in [0.1, 0.15) is 0 Å². The molecular weight excluding hydrogens is 350 g/mol. The maximum Gasteiger partial charge on any atom is 0.0766 e. The zero-order valence-corrected chi connectivity index (χ0v) is 15.2. The van der Waals surface area contributed by atoms with Gasteiger partial charge in [-0.15, -0.1) is 0 Å². The Morgan fingerprint density at radius 3 is 2.67 bits per heavy atom. The monoisotopic (exact) mass is 369 g/mol. The molecule has 0 saturated carbocycles. The van der Waals surface area contributed by atoms with Crippen molar-refractivity contribution in [3.8, 4) is 0 Å². The maximum absolute atomic E-state index is 6.06. The number of nitrogens with one attached hydrogen (secondary N) is 1. The zero-order chi connectivity index (χ0) is 15.6. The fourth-order valence-electron chi connectivity index (χ4n) is 2.63. The molecule has 3 nitrogen and oxygen atoms in total. The van der Waals surface area contributed by atoms with Crippen LogP contribution in [0.1, 0.15) is 35.5 Å². The summed E-state index contributed by atoms with van der Waals surface area (Å²) in [6.45, 7) is 4.22. The molecule has 1 heterocycles. The minimum absolute atomic E-state index is 0.235. The third-order valence-electron chi connectivity index (χ3n) is 3.86. The Hall–Kier alpha value is -0.840. The van der Waals surface area contributed by atoms with Crippen LogP contribution in [0.2, 0.25) is 5.02 Å². The van der Waals surface area contributed by atoms with Gasteiger partial charge in [-0.05, 0) is 59.6 Å². The van der Waals surface area contributed by atoms with Crippen LogP contribution in [0.15, 0.2) is 22.7 Å². The second-order valence-corrected chi connectivity index (χ2v) is 6.46. The second-order valence-electron chi connectivity index (χ2n) is 5.23. The average Bonchev–Trinajstić information content (AvgIpc) is 2.72. The number of likely N-dealkylation sites (N-methyl/N-ethyl adjacent to an activating group) is 1. The van der Waals surface area contributed by atoms with Gasteiger partial charge in [-0.2, -0.15) is 5.10 Å². The van der Waals surface area contributed by atoms with E-state index in [9.17, 15) is 0 Å². The summed E-state index contributed by atoms with van der Waals surface area (Å²) in [6.07, 6.45) is 1.81. The predicted octanol–water partition coefficient (Wildman–Crippen LogP) is 4.21. The van der Waals surface area contributed by atoms with E-state index in [1.165, 1.54) is 16.8 Å². The molecule has 1 aromatic carbocycles. The largest absolute Gasteiger partial charge is 0.313 e. The molecule has 0 fully saturated rings. The molecule has 2 rings (SSSR count). The van der Waals surface area contributed by atoms with Crippen LogP contribution in [0.25, 0.3) is 0 Å². The normalized spacial score (nSPS) is 12.7. The van der Waals surface area contributed by atoms with E-state index < -0.39 is 0 Å². The molecule has 0 aliphatic rings. The van der Waals surface area contributed by atoms with Gasteiger partial charge in [0.2, 0.25) is 0 Å². The first-order valence-corrected chi connectivity index (χ1v) is 8.28. The highest BCUT2D eigenvalue weighted by molar-refractivity contribution is 9.10. The van der Waals surface area contributed by atoms with Gasteiger partial charge in [0.25, 0.3) is 0 Å². The molecule has 1 N–H and O–H groups in total. The molecule has 114 valence electrons. The van der Waals surface area contributed by atoms with Crippen LogP contribution in [-0.4, -0.2) is 16.8 Å². The van der Waals surface area contributed by atoms with Crippen LogP contribution in [0.5, 0.6) is 0 Å². The van der Waals surface area contributed by atoms with Gasteiger partial charge in [0.15, 0.2) is 0 Å². The van der Waals surface area contributed by atoms with Gasteiger partial charge in [-0.25, -0.2) is 0 Å². The molecule has 1 aromatic heterocycles. The summed E-state index contributed by atoms with van der Waals surface area (Å²) in [4.78, 5) is 0. The van der Waals surface area contributed by atoms with Crippen molar-refractivity contribution in [2.75, 3.05) is 7.05 Å². The first-order valence-electron chi connectivity index (χ1n) is 7.11. The van der Waals surface area contributed by atoms with E-state index in [1.54, 1.807) is 0 Å². The van der Waals surface area contributed by atoms with E-state index in [2.05, 4.69) is 46.3 Å². The summed E-state index contributed by atoms with van der Waals surface area (Å²) in [7, 11) is 3.99. The Labute approximate surface area is 139 Å². The number of aromatic nitrogens is 2. The Kier molecular flexibility index (Phi) is 5.47. The van der Waals surface area contributed by atoms with Crippen molar-refractivity contribution in [2.45, 2.75) is 32.7 Å². The quantitative estimate of drug-likeness (QED) is 0.854. The summed E-state index contributed by atoms with van der Waals surface area (Å²) in [6, 6.07) is 6.30. The van der Waals surface area contributed by atoms with E-state index in [4.69, 9.17) is 11.6 Å². The highest BCUT2D eigenvalue weighted by Crippen LogP contribution is 2.28. The average molecular weight is 371 g/mol. The standard InChI is InChI=1S/C16H21BrClN3/c1-5-13-16(17)15(21(4)20-13)9-14(19-3)12-7-6-11(18)8-10(12)2/h6-8,14,19H,5,9H2,1-4H3. The molecule has 0 radical (unpaired) electrons. The summed E-state index contributed by atoms with van der Waals surface area (Å²) < 4.78 is 3.10. The number of hydrogen-bond donors (Lipinski definition) is 1. The first-order chi connectivity index (χ1) is 9.97. The number of benzene rings is 1. The molecule has 0 aliphatic heterocycles. The molecule has 1 unspecified atom stereocenters. The van der Waals surface area contributed by atoms with Crippen LogP contribution >= 0.6 is 27.5 Å². The van der Waals surface area contributed by atoms with Crippen LogP contribution in [-0.2, 0) is 19.9 Å². The Morgan fingerprint density at radius 2 is 2.14 bits per heavy atom. The minimum Gasteiger partial charge on any atom is -0.313 e. The number of nitrogens with zero attached hydrogens (tertiary/aromatic N) is 2. The molecule has 21 heavy (non-hydrogen) atoms. The van der Waals surface area contributed by atoms with Crippen molar-refractivity contribution in [3.63, 3.8) is 0 Å². The molecule has 0 amide bonds. The molecular formula is C16H21BrClN3. The summed E-state index contributed by atoms with van der Waals surface area (Å²) >= 11 is 9.75. The maximum atomic E-state index is 6.06. The highest BCUT2D eigenvalue weighted by Gasteiger charge is 2.19. The summed E-state index contributed by atoms with van der Waals surface area (Å²) in [5.74, 6) is 0. The van der Waals surface area contributed by atoms with Gasteiger partial charge < -0.3 is 5.32 Å². The number of hydrogen-bond acceptors (Lipinski definition) is 2. The lowest BCUT2D eigenvalue weighted by molar-refractivity contribution is 0.557. The fourth-order valence-corrected chi connectivity index (χ4v) is 3.64. The second kappa shape index (κ2) is 6.95. The number of aryl methyl sites for hydroxylation is 3. The highest BCUT2D eigenvalue weighted by atomic mass is 79.9. The van der Waals surface area contributed by atoms with E-state index in [0.29, 0.717) is 0 Å². The molecule has 0 saturated heterocycles. The molecule has 0 bridgehead atoms. The van der Waals surface area contributed by atoms with Crippen molar-refractivity contribution in [1.82, 2.24) is 15.1 Å². The van der Waals surface area contributed by atoms with Crippen LogP contribution in [0.4, 0.5) is 0 Å². The summed E-state index contributed by atoms with van der Waals surface area (Å²) in [5, 5.41) is 8.75. The van der Waals surface area contributed by atoms with Gasteiger partial charge in [-0.1, -0.05) is 24.6 Å². The Morgan fingerprint density at radius 1 is 1.43 bits per heavy atom. The van der Waals surface area contributed by atoms with E-state index in [0.717, 1.165) is 28.0 Å². The SMILES string of the molecule is CCc1nn(C)c(CC(NC)c2ccc(Cl)cc2C)c1Br. The van der Waals surface area contributed by atoms with Crippen molar-refractivity contribution >= 4 is 27.5 Å². The Balaban J connectivity index is 2.33. The lowest BCUT2D eigenvalue weighted by atomic mass is 9.97. The van der Waals surface area contributed by atoms with Crippen LogP contribution < -0.4 is 5.32 Å². The van der Waals surface area contributed by atoms with Gasteiger partial charge in [-0.3, -0.25) is 4.68 Å². The van der Waals surface area contributed by atoms with Crippen molar-refractivity contribution < 1.29 is 0 Å². The van der Waals surface area contributed by atoms with E-state index in [-0.39, 0.29) is 6.04 Å². The van der Waals surface area contributed by atoms with E-state index in [1.807, 2.05) is 30.9 Å². The number of rotatable bonds is 5. The molecule has 0 aliphatic carbocycles. The molecule has 1 atom stereocenters. The third kappa shape index (κ3) is 3.50. The fraction of sp³-hybridized carbons (Fsp3) is 0.438. The topological polar surface area (TPSA) is 29.9 Å². The van der Waals surface area contributed by atoms with Crippen LogP contribution in [0, 0.1) is 6.92 Å². The van der Waals surface area contributed by atoms with Crippen molar-refractivity contribution in [1.29, 1.82) is 0 Å². The number of halogens is 2. The lowest BCUT2D eigenvalue weighted by Gasteiger charge is -2.19. The van der Waals surface area contributed by atoms with Crippen molar-refractivity contribution in [3.05, 3.63) is 50.2 Å².